The fourth-order valence-electron chi connectivity index (χ4n) is 3.39. The molecule has 1 amide bonds. The topological polar surface area (TPSA) is 29.5 Å². The Morgan fingerprint density at radius 2 is 2.00 bits per heavy atom. The molecule has 0 N–H and O–H groups in total. The number of carbonyl (C=O) groups is 1. The molecule has 3 nitrogen and oxygen atoms in total. The van der Waals surface area contributed by atoms with Crippen LogP contribution < -0.4 is 0 Å². The number of hydrogen-bond donors (Lipinski definition) is 0. The highest BCUT2D eigenvalue weighted by Crippen LogP contribution is 2.40. The normalized spacial score (nSPS) is 27.9. The minimum absolute atomic E-state index is 0.0256. The highest BCUT2D eigenvalue weighted by molar-refractivity contribution is 5.69. The lowest BCUT2D eigenvalue weighted by molar-refractivity contribution is 0.0211. The molecule has 1 aliphatic heterocycles. The first-order valence-corrected chi connectivity index (χ1v) is 6.72. The van der Waals surface area contributed by atoms with Crippen LogP contribution in [-0.2, 0) is 4.74 Å². The molecule has 1 aliphatic carbocycles. The number of hydrogen-bond acceptors (Lipinski definition) is 2. The lowest BCUT2D eigenvalue weighted by Crippen LogP contribution is -2.55. The lowest BCUT2D eigenvalue weighted by atomic mass is 9.78. The predicted molar refractivity (Wildman–Crippen MR) is 67.9 cm³/mol. The first-order chi connectivity index (χ1) is 8.19. The summed E-state index contributed by atoms with van der Waals surface area (Å²) >= 11 is 0. The van der Waals surface area contributed by atoms with E-state index in [2.05, 4.69) is 19.1 Å². The van der Waals surface area contributed by atoms with Gasteiger partial charge in [-0.05, 0) is 32.6 Å². The third-order valence-corrected chi connectivity index (χ3v) is 4.25. The van der Waals surface area contributed by atoms with Gasteiger partial charge in [-0.25, -0.2) is 4.79 Å². The molecule has 96 valence electrons. The van der Waals surface area contributed by atoms with Crippen LogP contribution in [0.4, 0.5) is 4.79 Å². The molecular weight excluding hydrogens is 214 g/mol. The fraction of sp³-hybridized carbons (Fsp3) is 0.786. The Kier molecular flexibility index (Phi) is 3.75. The quantitative estimate of drug-likeness (QED) is 0.603. The van der Waals surface area contributed by atoms with E-state index in [4.69, 9.17) is 4.74 Å². The molecule has 0 radical (unpaired) electrons. The third-order valence-electron chi connectivity index (χ3n) is 4.25. The van der Waals surface area contributed by atoms with Gasteiger partial charge in [-0.1, -0.05) is 31.4 Å². The van der Waals surface area contributed by atoms with Gasteiger partial charge in [0.05, 0.1) is 7.11 Å². The van der Waals surface area contributed by atoms with E-state index in [9.17, 15) is 4.79 Å². The average Bonchev–Trinajstić information content (AvgIpc) is 2.49. The van der Waals surface area contributed by atoms with Crippen LogP contribution in [-0.4, -0.2) is 29.7 Å². The van der Waals surface area contributed by atoms with Crippen molar-refractivity contribution in [2.24, 2.45) is 0 Å². The van der Waals surface area contributed by atoms with Crippen LogP contribution in [0, 0.1) is 0 Å². The number of nitrogens with zero attached hydrogens (tertiary/aromatic N) is 1. The molecule has 2 rings (SSSR count). The molecule has 0 bridgehead atoms. The Morgan fingerprint density at radius 1 is 1.29 bits per heavy atom. The number of rotatable bonds is 0. The minimum atomic E-state index is -0.150. The standard InChI is InChI=1S/C14H23NO2/c1-12-8-4-7-11-14(9-5-3-6-10-14)15(12)13(16)17-2/h4,7,12H,3,5-6,8-11H2,1-2H3. The van der Waals surface area contributed by atoms with E-state index in [-0.39, 0.29) is 17.7 Å². The van der Waals surface area contributed by atoms with Crippen molar-refractivity contribution < 1.29 is 9.53 Å². The minimum Gasteiger partial charge on any atom is -0.453 e. The summed E-state index contributed by atoms with van der Waals surface area (Å²) in [6.45, 7) is 2.13. The summed E-state index contributed by atoms with van der Waals surface area (Å²) < 4.78 is 5.00. The smallest absolute Gasteiger partial charge is 0.410 e. The van der Waals surface area contributed by atoms with Crippen LogP contribution in [0.5, 0.6) is 0 Å². The van der Waals surface area contributed by atoms with Crippen LogP contribution in [0.1, 0.15) is 51.9 Å². The molecule has 1 saturated carbocycles. The van der Waals surface area contributed by atoms with Crippen LogP contribution in [0.2, 0.25) is 0 Å². The molecule has 1 fully saturated rings. The second-order valence-corrected chi connectivity index (χ2v) is 5.39. The van der Waals surface area contributed by atoms with Gasteiger partial charge in [0.15, 0.2) is 0 Å². The van der Waals surface area contributed by atoms with E-state index in [1.165, 1.54) is 26.4 Å². The SMILES string of the molecule is COC(=O)N1C(C)CC=CCC12CCCCC2. The molecule has 0 aromatic heterocycles. The van der Waals surface area contributed by atoms with Crippen LogP contribution in [0.15, 0.2) is 12.2 Å². The highest BCUT2D eigenvalue weighted by atomic mass is 16.5. The van der Waals surface area contributed by atoms with Gasteiger partial charge in [0.25, 0.3) is 0 Å². The van der Waals surface area contributed by atoms with E-state index in [1.807, 2.05) is 4.90 Å². The number of methoxy groups -OCH3 is 1. The van der Waals surface area contributed by atoms with E-state index < -0.39 is 0 Å². The zero-order valence-corrected chi connectivity index (χ0v) is 10.9. The Bertz CT molecular complexity index is 305. The molecule has 1 unspecified atom stereocenters. The van der Waals surface area contributed by atoms with Gasteiger partial charge in [-0.15, -0.1) is 0 Å². The van der Waals surface area contributed by atoms with Crippen molar-refractivity contribution in [3.63, 3.8) is 0 Å². The third kappa shape index (κ3) is 2.33. The van der Waals surface area contributed by atoms with Crippen molar-refractivity contribution in [3.05, 3.63) is 12.2 Å². The maximum absolute atomic E-state index is 12.1. The van der Waals surface area contributed by atoms with Gasteiger partial charge in [0.2, 0.25) is 0 Å². The number of amides is 1. The Labute approximate surface area is 104 Å². The molecule has 0 aromatic carbocycles. The summed E-state index contributed by atoms with van der Waals surface area (Å²) in [6.07, 6.45) is 12.3. The van der Waals surface area contributed by atoms with Crippen LogP contribution in [0.3, 0.4) is 0 Å². The monoisotopic (exact) mass is 237 g/mol. The van der Waals surface area contributed by atoms with E-state index in [1.54, 1.807) is 0 Å². The second-order valence-electron chi connectivity index (χ2n) is 5.39. The Morgan fingerprint density at radius 3 is 2.65 bits per heavy atom. The van der Waals surface area contributed by atoms with E-state index >= 15 is 0 Å². The first-order valence-electron chi connectivity index (χ1n) is 6.72. The van der Waals surface area contributed by atoms with Gasteiger partial charge < -0.3 is 4.74 Å². The summed E-state index contributed by atoms with van der Waals surface area (Å²) in [5.41, 5.74) is 0.0256. The van der Waals surface area contributed by atoms with Gasteiger partial charge in [0.1, 0.15) is 0 Å². The van der Waals surface area contributed by atoms with Crippen LogP contribution in [0.25, 0.3) is 0 Å². The van der Waals surface area contributed by atoms with Crippen LogP contribution >= 0.6 is 0 Å². The summed E-state index contributed by atoms with van der Waals surface area (Å²) in [5.74, 6) is 0. The molecule has 3 heteroatoms. The zero-order valence-electron chi connectivity index (χ0n) is 10.9. The predicted octanol–water partition coefficient (Wildman–Crippen LogP) is 3.50. The summed E-state index contributed by atoms with van der Waals surface area (Å²) in [4.78, 5) is 14.1. The molecule has 1 heterocycles. The lowest BCUT2D eigenvalue weighted by Gasteiger charge is -2.47. The van der Waals surface area contributed by atoms with Gasteiger partial charge in [-0.3, -0.25) is 4.90 Å². The molecular formula is C14H23NO2. The summed E-state index contributed by atoms with van der Waals surface area (Å²) in [6, 6.07) is 0.249. The molecule has 17 heavy (non-hydrogen) atoms. The molecule has 2 aliphatic rings. The largest absolute Gasteiger partial charge is 0.453 e. The number of ether oxygens (including phenoxy) is 1. The van der Waals surface area contributed by atoms with Crippen molar-refractivity contribution >= 4 is 6.09 Å². The van der Waals surface area contributed by atoms with Crippen molar-refractivity contribution in [1.82, 2.24) is 4.90 Å². The summed E-state index contributed by atoms with van der Waals surface area (Å²) in [7, 11) is 1.49. The molecule has 0 aromatic rings. The maximum atomic E-state index is 12.1. The van der Waals surface area contributed by atoms with Crippen molar-refractivity contribution in [2.75, 3.05) is 7.11 Å². The van der Waals surface area contributed by atoms with Crippen molar-refractivity contribution in [3.8, 4) is 0 Å². The second kappa shape index (κ2) is 5.11. The summed E-state index contributed by atoms with van der Waals surface area (Å²) in [5, 5.41) is 0. The Hall–Kier alpha value is -0.990. The van der Waals surface area contributed by atoms with Crippen molar-refractivity contribution in [1.29, 1.82) is 0 Å². The first kappa shape index (κ1) is 12.5. The van der Waals surface area contributed by atoms with Crippen molar-refractivity contribution in [2.45, 2.75) is 63.5 Å². The molecule has 1 spiro atoms. The van der Waals surface area contributed by atoms with E-state index in [0.29, 0.717) is 0 Å². The van der Waals surface area contributed by atoms with E-state index in [0.717, 1.165) is 25.7 Å². The average molecular weight is 237 g/mol. The number of carbonyl (C=O) groups excluding carboxylic acids is 1. The molecule has 0 saturated heterocycles. The Balaban J connectivity index is 2.28. The maximum Gasteiger partial charge on any atom is 0.410 e. The van der Waals surface area contributed by atoms with Gasteiger partial charge in [-0.2, -0.15) is 0 Å². The molecule has 1 atom stereocenters. The van der Waals surface area contributed by atoms with Gasteiger partial charge >= 0.3 is 6.09 Å². The zero-order chi connectivity index (χ0) is 12.3. The highest BCUT2D eigenvalue weighted by Gasteiger charge is 2.43. The fourth-order valence-corrected chi connectivity index (χ4v) is 3.39. The van der Waals surface area contributed by atoms with Gasteiger partial charge in [0, 0.05) is 11.6 Å².